The molecule has 0 spiro atoms. The molecule has 0 atom stereocenters. The lowest BCUT2D eigenvalue weighted by Gasteiger charge is -2.24. The van der Waals surface area contributed by atoms with E-state index >= 15 is 0 Å². The molecule has 4 rings (SSSR count). The molecule has 0 unspecified atom stereocenters. The second-order valence-electron chi connectivity index (χ2n) is 7.37. The Morgan fingerprint density at radius 2 is 1.59 bits per heavy atom. The molecule has 3 aromatic carbocycles. The van der Waals surface area contributed by atoms with E-state index in [4.69, 9.17) is 5.73 Å². The van der Waals surface area contributed by atoms with E-state index < -0.39 is 17.5 Å². The number of halogens is 2. The van der Waals surface area contributed by atoms with Crippen LogP contribution in [-0.2, 0) is 17.8 Å². The average molecular weight is 431 g/mol. The van der Waals surface area contributed by atoms with Crippen molar-refractivity contribution in [1.29, 1.82) is 0 Å². The van der Waals surface area contributed by atoms with Crippen molar-refractivity contribution in [3.63, 3.8) is 0 Å². The van der Waals surface area contributed by atoms with Crippen LogP contribution in [0.1, 0.15) is 21.5 Å². The van der Waals surface area contributed by atoms with Gasteiger partial charge in [-0.15, -0.1) is 0 Å². The van der Waals surface area contributed by atoms with Crippen molar-refractivity contribution >= 4 is 28.3 Å². The summed E-state index contributed by atoms with van der Waals surface area (Å²) in [4.78, 5) is 30.4. The van der Waals surface area contributed by atoms with Gasteiger partial charge in [-0.3, -0.25) is 14.6 Å². The molecule has 0 aliphatic heterocycles. The lowest BCUT2D eigenvalue weighted by molar-refractivity contribution is -0.118. The lowest BCUT2D eigenvalue weighted by atomic mass is 10.0. The van der Waals surface area contributed by atoms with Gasteiger partial charge in [0.15, 0.2) is 0 Å². The number of anilines is 1. The van der Waals surface area contributed by atoms with Crippen molar-refractivity contribution in [1.82, 2.24) is 4.98 Å². The molecule has 2 amide bonds. The average Bonchev–Trinajstić information content (AvgIpc) is 2.77. The van der Waals surface area contributed by atoms with Crippen molar-refractivity contribution in [2.75, 3.05) is 4.90 Å². The van der Waals surface area contributed by atoms with Gasteiger partial charge in [-0.05, 0) is 52.9 Å². The number of aromatic nitrogens is 1. The van der Waals surface area contributed by atoms with Gasteiger partial charge in [0.2, 0.25) is 11.8 Å². The second kappa shape index (κ2) is 8.93. The normalized spacial score (nSPS) is 10.8. The summed E-state index contributed by atoms with van der Waals surface area (Å²) < 4.78 is 27.5. The van der Waals surface area contributed by atoms with Crippen LogP contribution in [0.5, 0.6) is 0 Å². The van der Waals surface area contributed by atoms with Gasteiger partial charge >= 0.3 is 0 Å². The Hall–Kier alpha value is -4.13. The number of fused-ring (bicyclic) bond motifs is 1. The standard InChI is InChI=1S/C25H19F2N3O2/c26-20-9-16(10-21(27)12-20)15-30(22-7-5-17(6-8-22)25(28)32)24(31)11-19-14-29-13-18-3-1-2-4-23(18)19/h1-10,12-14H,11,15H2,(H2,28,32). The molecule has 2 N–H and O–H groups in total. The summed E-state index contributed by atoms with van der Waals surface area (Å²) in [5, 5.41) is 1.80. The van der Waals surface area contributed by atoms with Gasteiger partial charge in [0.25, 0.3) is 0 Å². The number of benzene rings is 3. The van der Waals surface area contributed by atoms with E-state index in [1.807, 2.05) is 24.3 Å². The van der Waals surface area contributed by atoms with Gasteiger partial charge in [0, 0.05) is 35.1 Å². The van der Waals surface area contributed by atoms with E-state index in [0.29, 0.717) is 11.3 Å². The first-order chi connectivity index (χ1) is 15.4. The summed E-state index contributed by atoms with van der Waals surface area (Å²) in [6, 6.07) is 16.9. The minimum Gasteiger partial charge on any atom is -0.366 e. The number of primary amides is 1. The van der Waals surface area contributed by atoms with Crippen molar-refractivity contribution < 1.29 is 18.4 Å². The van der Waals surface area contributed by atoms with Gasteiger partial charge in [-0.1, -0.05) is 24.3 Å². The zero-order chi connectivity index (χ0) is 22.7. The molecule has 32 heavy (non-hydrogen) atoms. The molecule has 0 radical (unpaired) electrons. The maximum atomic E-state index is 13.7. The Bertz CT molecular complexity index is 1280. The molecule has 1 aromatic heterocycles. The minimum atomic E-state index is -0.727. The van der Waals surface area contributed by atoms with Gasteiger partial charge in [0.05, 0.1) is 13.0 Å². The molecular weight excluding hydrogens is 412 g/mol. The van der Waals surface area contributed by atoms with Crippen LogP contribution >= 0.6 is 0 Å². The first-order valence-corrected chi connectivity index (χ1v) is 9.87. The maximum absolute atomic E-state index is 13.7. The van der Waals surface area contributed by atoms with E-state index in [0.717, 1.165) is 22.4 Å². The summed E-state index contributed by atoms with van der Waals surface area (Å²) in [7, 11) is 0. The van der Waals surface area contributed by atoms with Crippen LogP contribution in [0.2, 0.25) is 0 Å². The summed E-state index contributed by atoms with van der Waals surface area (Å²) in [6.07, 6.45) is 3.39. The molecule has 160 valence electrons. The van der Waals surface area contributed by atoms with E-state index in [1.54, 1.807) is 24.5 Å². The largest absolute Gasteiger partial charge is 0.366 e. The fraction of sp³-hybridized carbons (Fsp3) is 0.0800. The molecule has 0 saturated heterocycles. The quantitative estimate of drug-likeness (QED) is 0.492. The number of hydrogen-bond acceptors (Lipinski definition) is 3. The van der Waals surface area contributed by atoms with Crippen LogP contribution in [0.15, 0.2) is 79.1 Å². The highest BCUT2D eigenvalue weighted by Gasteiger charge is 2.19. The Morgan fingerprint density at radius 3 is 2.28 bits per heavy atom. The molecule has 0 saturated carbocycles. The number of pyridine rings is 1. The molecule has 0 bridgehead atoms. The molecule has 0 fully saturated rings. The second-order valence-corrected chi connectivity index (χ2v) is 7.37. The highest BCUT2D eigenvalue weighted by Crippen LogP contribution is 2.23. The first kappa shape index (κ1) is 21.1. The fourth-order valence-corrected chi connectivity index (χ4v) is 3.59. The van der Waals surface area contributed by atoms with Gasteiger partial charge in [-0.2, -0.15) is 0 Å². The van der Waals surface area contributed by atoms with Crippen molar-refractivity contribution in [2.45, 2.75) is 13.0 Å². The van der Waals surface area contributed by atoms with Crippen LogP contribution in [0, 0.1) is 11.6 Å². The Labute approximate surface area is 183 Å². The van der Waals surface area contributed by atoms with Gasteiger partial charge in [-0.25, -0.2) is 8.78 Å². The van der Waals surface area contributed by atoms with Crippen LogP contribution in [0.25, 0.3) is 10.8 Å². The van der Waals surface area contributed by atoms with Crippen LogP contribution in [-0.4, -0.2) is 16.8 Å². The summed E-state index contributed by atoms with van der Waals surface area (Å²) in [5.74, 6) is -2.34. The van der Waals surface area contributed by atoms with Gasteiger partial charge in [0.1, 0.15) is 11.6 Å². The molecule has 5 nitrogen and oxygen atoms in total. The van der Waals surface area contributed by atoms with Crippen molar-refractivity contribution in [3.8, 4) is 0 Å². The Kier molecular flexibility index (Phi) is 5.89. The molecule has 7 heteroatoms. The summed E-state index contributed by atoms with van der Waals surface area (Å²) in [5.41, 5.74) is 7.09. The van der Waals surface area contributed by atoms with E-state index in [1.165, 1.54) is 29.2 Å². The Morgan fingerprint density at radius 1 is 0.906 bits per heavy atom. The van der Waals surface area contributed by atoms with Crippen molar-refractivity contribution in [2.24, 2.45) is 5.73 Å². The zero-order valence-electron chi connectivity index (χ0n) is 17.0. The number of rotatable bonds is 6. The molecule has 4 aromatic rings. The third kappa shape index (κ3) is 4.62. The molecule has 0 aliphatic rings. The number of carbonyl (C=O) groups excluding carboxylic acids is 2. The number of hydrogen-bond donors (Lipinski definition) is 1. The van der Waals surface area contributed by atoms with Crippen LogP contribution < -0.4 is 10.6 Å². The van der Waals surface area contributed by atoms with E-state index in [2.05, 4.69) is 4.98 Å². The maximum Gasteiger partial charge on any atom is 0.248 e. The van der Waals surface area contributed by atoms with Crippen molar-refractivity contribution in [3.05, 3.63) is 107 Å². The number of nitrogens with zero attached hydrogens (tertiary/aromatic N) is 2. The Balaban J connectivity index is 1.70. The topological polar surface area (TPSA) is 76.3 Å². The van der Waals surface area contributed by atoms with Crippen LogP contribution in [0.3, 0.4) is 0 Å². The lowest BCUT2D eigenvalue weighted by Crippen LogP contribution is -2.32. The smallest absolute Gasteiger partial charge is 0.248 e. The summed E-state index contributed by atoms with van der Waals surface area (Å²) in [6.45, 7) is -0.0539. The van der Waals surface area contributed by atoms with E-state index in [-0.39, 0.29) is 24.4 Å². The first-order valence-electron chi connectivity index (χ1n) is 9.87. The predicted molar refractivity (Wildman–Crippen MR) is 118 cm³/mol. The monoisotopic (exact) mass is 431 g/mol. The van der Waals surface area contributed by atoms with Crippen LogP contribution in [0.4, 0.5) is 14.5 Å². The highest BCUT2D eigenvalue weighted by molar-refractivity contribution is 5.98. The number of nitrogens with two attached hydrogens (primary N) is 1. The predicted octanol–water partition coefficient (Wildman–Crippen LogP) is 4.39. The SMILES string of the molecule is NC(=O)c1ccc(N(Cc2cc(F)cc(F)c2)C(=O)Cc2cncc3ccccc23)cc1. The number of amides is 2. The molecule has 1 heterocycles. The van der Waals surface area contributed by atoms with E-state index in [9.17, 15) is 18.4 Å². The fourth-order valence-electron chi connectivity index (χ4n) is 3.59. The number of carbonyl (C=O) groups is 2. The zero-order valence-corrected chi connectivity index (χ0v) is 17.0. The molecular formula is C25H19F2N3O2. The minimum absolute atomic E-state index is 0.0315. The third-order valence-electron chi connectivity index (χ3n) is 5.12. The third-order valence-corrected chi connectivity index (χ3v) is 5.12. The highest BCUT2D eigenvalue weighted by atomic mass is 19.1. The van der Waals surface area contributed by atoms with Gasteiger partial charge < -0.3 is 10.6 Å². The molecule has 0 aliphatic carbocycles. The summed E-state index contributed by atoms with van der Waals surface area (Å²) >= 11 is 0.